The largest absolute Gasteiger partial charge is 0.395 e. The minimum Gasteiger partial charge on any atom is -0.395 e. The lowest BCUT2D eigenvalue weighted by molar-refractivity contribution is -0.0855. The summed E-state index contributed by atoms with van der Waals surface area (Å²) < 4.78 is 0. The summed E-state index contributed by atoms with van der Waals surface area (Å²) in [5.74, 6) is 0. The molecule has 4 heteroatoms. The van der Waals surface area contributed by atoms with Crippen molar-refractivity contribution >= 4 is 0 Å². The molecule has 1 aromatic carbocycles. The number of rotatable bonds is 13. The van der Waals surface area contributed by atoms with Crippen LogP contribution >= 0.6 is 0 Å². The van der Waals surface area contributed by atoms with Crippen LogP contribution in [0.2, 0.25) is 0 Å². The highest BCUT2D eigenvalue weighted by Gasteiger charge is 2.38. The van der Waals surface area contributed by atoms with Crippen LogP contribution in [0.5, 0.6) is 0 Å². The van der Waals surface area contributed by atoms with Gasteiger partial charge in [-0.15, -0.1) is 0 Å². The van der Waals surface area contributed by atoms with Crippen molar-refractivity contribution in [1.29, 1.82) is 0 Å². The fourth-order valence-electron chi connectivity index (χ4n) is 3.04. The number of benzene rings is 1. The van der Waals surface area contributed by atoms with Gasteiger partial charge in [0.25, 0.3) is 0 Å². The number of unbranched alkanes of at least 4 members (excludes halogenated alkanes) is 6. The average Bonchev–Trinajstić information content (AvgIpc) is 2.63. The summed E-state index contributed by atoms with van der Waals surface area (Å²) in [4.78, 5) is 0. The van der Waals surface area contributed by atoms with E-state index in [1.807, 2.05) is 24.3 Å². The van der Waals surface area contributed by atoms with E-state index >= 15 is 0 Å². The van der Waals surface area contributed by atoms with Gasteiger partial charge in [-0.05, 0) is 24.0 Å². The Bertz CT molecular complexity index is 435. The summed E-state index contributed by atoms with van der Waals surface area (Å²) in [7, 11) is 0. The molecule has 4 nitrogen and oxygen atoms in total. The lowest BCUT2D eigenvalue weighted by atomic mass is 9.79. The van der Waals surface area contributed by atoms with Crippen LogP contribution in [0.3, 0.4) is 0 Å². The molecule has 0 aliphatic heterocycles. The molecule has 0 aromatic heterocycles. The van der Waals surface area contributed by atoms with E-state index in [4.69, 9.17) is 0 Å². The lowest BCUT2D eigenvalue weighted by Crippen LogP contribution is -2.40. The van der Waals surface area contributed by atoms with Crippen LogP contribution in [-0.2, 0) is 6.42 Å². The average molecular weight is 338 g/mol. The van der Waals surface area contributed by atoms with Crippen LogP contribution in [0, 0.1) is 5.41 Å². The van der Waals surface area contributed by atoms with Crippen molar-refractivity contribution in [2.75, 3.05) is 19.8 Å². The third-order valence-corrected chi connectivity index (χ3v) is 4.92. The molecule has 0 aliphatic rings. The first-order chi connectivity index (χ1) is 11.6. The van der Waals surface area contributed by atoms with E-state index in [0.29, 0.717) is 5.56 Å². The van der Waals surface area contributed by atoms with Gasteiger partial charge < -0.3 is 20.4 Å². The first-order valence-corrected chi connectivity index (χ1v) is 9.23. The Morgan fingerprint density at radius 3 is 1.96 bits per heavy atom. The van der Waals surface area contributed by atoms with Gasteiger partial charge >= 0.3 is 0 Å². The van der Waals surface area contributed by atoms with Gasteiger partial charge in [-0.2, -0.15) is 0 Å². The summed E-state index contributed by atoms with van der Waals surface area (Å²) in [6.45, 7) is 0.820. The Hall–Kier alpha value is -0.940. The Morgan fingerprint density at radius 2 is 1.38 bits per heavy atom. The van der Waals surface area contributed by atoms with E-state index in [2.05, 4.69) is 6.92 Å². The summed E-state index contributed by atoms with van der Waals surface area (Å²) in [5, 5.41) is 39.2. The van der Waals surface area contributed by atoms with Crippen molar-refractivity contribution in [3.63, 3.8) is 0 Å². The molecule has 0 saturated carbocycles. The molecule has 24 heavy (non-hydrogen) atoms. The van der Waals surface area contributed by atoms with E-state index in [9.17, 15) is 20.4 Å². The molecule has 0 heterocycles. The van der Waals surface area contributed by atoms with E-state index < -0.39 is 31.3 Å². The fourth-order valence-corrected chi connectivity index (χ4v) is 3.04. The highest BCUT2D eigenvalue weighted by Crippen LogP contribution is 2.35. The van der Waals surface area contributed by atoms with E-state index in [0.717, 1.165) is 18.4 Å². The molecule has 1 rings (SSSR count). The molecule has 0 fully saturated rings. The SMILES string of the molecule is CCCCCCCCCc1ccccc1C(O)C(CO)(CO)CO. The number of aliphatic hydroxyl groups is 4. The van der Waals surface area contributed by atoms with Crippen LogP contribution in [0.25, 0.3) is 0 Å². The highest BCUT2D eigenvalue weighted by atomic mass is 16.3. The van der Waals surface area contributed by atoms with Crippen molar-refractivity contribution in [3.8, 4) is 0 Å². The maximum Gasteiger partial charge on any atom is 0.0915 e. The molecule has 1 atom stereocenters. The Kier molecular flexibility index (Phi) is 10.2. The minimum absolute atomic E-state index is 0.465. The third-order valence-electron chi connectivity index (χ3n) is 4.92. The van der Waals surface area contributed by atoms with Gasteiger partial charge in [-0.1, -0.05) is 69.7 Å². The van der Waals surface area contributed by atoms with Gasteiger partial charge in [0, 0.05) is 0 Å². The summed E-state index contributed by atoms with van der Waals surface area (Å²) in [6.07, 6.45) is 8.38. The summed E-state index contributed by atoms with van der Waals surface area (Å²) in [6, 6.07) is 7.57. The van der Waals surface area contributed by atoms with Gasteiger partial charge in [0.15, 0.2) is 0 Å². The quantitative estimate of drug-likeness (QED) is 0.417. The summed E-state index contributed by atoms with van der Waals surface area (Å²) >= 11 is 0. The zero-order valence-electron chi connectivity index (χ0n) is 15.0. The third kappa shape index (κ3) is 5.85. The van der Waals surface area contributed by atoms with E-state index in [-0.39, 0.29) is 0 Å². The maximum absolute atomic E-state index is 10.6. The molecular formula is C20H34O4. The predicted octanol–water partition coefficient (Wildman–Crippen LogP) is 2.98. The molecule has 0 aliphatic carbocycles. The molecule has 0 radical (unpaired) electrons. The molecule has 1 aromatic rings. The van der Waals surface area contributed by atoms with Crippen molar-refractivity contribution < 1.29 is 20.4 Å². The maximum atomic E-state index is 10.6. The van der Waals surface area contributed by atoms with Gasteiger partial charge in [0.05, 0.1) is 31.3 Å². The standard InChI is InChI=1S/C20H34O4/c1-2-3-4-5-6-7-8-11-17-12-9-10-13-18(17)19(24)20(14-21,15-22)16-23/h9-10,12-13,19,21-24H,2-8,11,14-16H2,1H3. The van der Waals surface area contributed by atoms with Crippen molar-refractivity contribution in [2.24, 2.45) is 5.41 Å². The van der Waals surface area contributed by atoms with Crippen molar-refractivity contribution in [2.45, 2.75) is 64.4 Å². The molecule has 138 valence electrons. The monoisotopic (exact) mass is 338 g/mol. The first-order valence-electron chi connectivity index (χ1n) is 9.23. The first kappa shape index (κ1) is 21.1. The Morgan fingerprint density at radius 1 is 0.833 bits per heavy atom. The molecule has 0 bridgehead atoms. The normalized spacial score (nSPS) is 13.2. The molecule has 1 unspecified atom stereocenters. The predicted molar refractivity (Wildman–Crippen MR) is 96.8 cm³/mol. The van der Waals surface area contributed by atoms with Crippen LogP contribution in [0.15, 0.2) is 24.3 Å². The smallest absolute Gasteiger partial charge is 0.0915 e. The van der Waals surface area contributed by atoms with Crippen LogP contribution < -0.4 is 0 Å². The zero-order valence-corrected chi connectivity index (χ0v) is 15.0. The second-order valence-corrected chi connectivity index (χ2v) is 6.81. The second-order valence-electron chi connectivity index (χ2n) is 6.81. The van der Waals surface area contributed by atoms with Gasteiger partial charge in [0.2, 0.25) is 0 Å². The summed E-state index contributed by atoms with van der Waals surface area (Å²) in [5.41, 5.74) is 0.412. The lowest BCUT2D eigenvalue weighted by Gasteiger charge is -2.34. The minimum atomic E-state index is -1.31. The van der Waals surface area contributed by atoms with E-state index in [1.165, 1.54) is 38.5 Å². The van der Waals surface area contributed by atoms with Crippen molar-refractivity contribution in [3.05, 3.63) is 35.4 Å². The Labute approximate surface area is 146 Å². The van der Waals surface area contributed by atoms with Crippen LogP contribution in [-0.4, -0.2) is 40.2 Å². The molecule has 0 spiro atoms. The van der Waals surface area contributed by atoms with Gasteiger partial charge in [-0.3, -0.25) is 0 Å². The topological polar surface area (TPSA) is 80.9 Å². The number of aliphatic hydroxyl groups excluding tert-OH is 4. The van der Waals surface area contributed by atoms with Gasteiger partial charge in [0.1, 0.15) is 0 Å². The highest BCUT2D eigenvalue weighted by molar-refractivity contribution is 5.30. The molecular weight excluding hydrogens is 304 g/mol. The number of hydrogen-bond donors (Lipinski definition) is 4. The number of hydrogen-bond acceptors (Lipinski definition) is 4. The van der Waals surface area contributed by atoms with Crippen LogP contribution in [0.4, 0.5) is 0 Å². The van der Waals surface area contributed by atoms with Crippen LogP contribution in [0.1, 0.15) is 69.1 Å². The number of aryl methyl sites for hydroxylation is 1. The van der Waals surface area contributed by atoms with E-state index in [1.54, 1.807) is 0 Å². The fraction of sp³-hybridized carbons (Fsp3) is 0.700. The zero-order chi connectivity index (χ0) is 17.8. The molecule has 4 N–H and O–H groups in total. The van der Waals surface area contributed by atoms with Gasteiger partial charge in [-0.25, -0.2) is 0 Å². The van der Waals surface area contributed by atoms with Crippen molar-refractivity contribution in [1.82, 2.24) is 0 Å². The molecule has 0 amide bonds. The second kappa shape index (κ2) is 11.6. The molecule has 0 saturated heterocycles. The Balaban J connectivity index is 2.64.